The van der Waals surface area contributed by atoms with Gasteiger partial charge in [0.2, 0.25) is 5.91 Å². The monoisotopic (exact) mass is 268 g/mol. The van der Waals surface area contributed by atoms with Crippen molar-refractivity contribution >= 4 is 29.1 Å². The lowest BCUT2D eigenvalue weighted by Crippen LogP contribution is -2.24. The van der Waals surface area contributed by atoms with Crippen LogP contribution in [0, 0.1) is 0 Å². The molecule has 0 saturated heterocycles. The molecule has 0 unspecified atom stereocenters. The van der Waals surface area contributed by atoms with Crippen molar-refractivity contribution in [1.82, 2.24) is 5.32 Å². The van der Waals surface area contributed by atoms with Crippen molar-refractivity contribution in [1.29, 1.82) is 0 Å². The van der Waals surface area contributed by atoms with Crippen molar-refractivity contribution in [3.63, 3.8) is 0 Å². The number of benzene rings is 1. The van der Waals surface area contributed by atoms with Crippen molar-refractivity contribution in [2.75, 3.05) is 17.7 Å². The van der Waals surface area contributed by atoms with Gasteiger partial charge < -0.3 is 10.6 Å². The van der Waals surface area contributed by atoms with Crippen LogP contribution in [0.15, 0.2) is 24.3 Å². The van der Waals surface area contributed by atoms with Crippen LogP contribution in [0.2, 0.25) is 0 Å². The molecule has 0 aromatic heterocycles. The van der Waals surface area contributed by atoms with E-state index in [1.165, 1.54) is 0 Å². The van der Waals surface area contributed by atoms with E-state index in [-0.39, 0.29) is 11.8 Å². The van der Waals surface area contributed by atoms with E-state index in [2.05, 4.69) is 10.6 Å². The van der Waals surface area contributed by atoms with Gasteiger partial charge in [0.1, 0.15) is 0 Å². The Balaban J connectivity index is 2.76. The van der Waals surface area contributed by atoms with Gasteiger partial charge in [-0.2, -0.15) is 0 Å². The lowest BCUT2D eigenvalue weighted by Gasteiger charge is -2.10. The maximum Gasteiger partial charge on any atom is 0.253 e. The molecular weight excluding hydrogens is 252 g/mol. The fourth-order valence-corrected chi connectivity index (χ4v) is 1.62. The van der Waals surface area contributed by atoms with Crippen molar-refractivity contribution in [3.05, 3.63) is 29.8 Å². The van der Waals surface area contributed by atoms with Crippen LogP contribution < -0.4 is 10.6 Å². The number of amides is 2. The van der Waals surface area contributed by atoms with Gasteiger partial charge in [0.25, 0.3) is 5.91 Å². The summed E-state index contributed by atoms with van der Waals surface area (Å²) in [6.07, 6.45) is 0.976. The van der Waals surface area contributed by atoms with Gasteiger partial charge in [-0.25, -0.2) is 0 Å². The van der Waals surface area contributed by atoms with Crippen molar-refractivity contribution in [2.24, 2.45) is 0 Å². The number of para-hydroxylation sites is 1. The third kappa shape index (κ3) is 4.37. The summed E-state index contributed by atoms with van der Waals surface area (Å²) in [5, 5.41) is 5.43. The molecule has 0 radical (unpaired) electrons. The predicted octanol–water partition coefficient (Wildman–Crippen LogP) is 2.39. The second-order valence-electron chi connectivity index (χ2n) is 3.75. The number of halogens is 1. The lowest BCUT2D eigenvalue weighted by molar-refractivity contribution is -0.116. The zero-order chi connectivity index (χ0) is 13.4. The van der Waals surface area contributed by atoms with Crippen molar-refractivity contribution < 1.29 is 9.59 Å². The number of hydrogen-bond donors (Lipinski definition) is 2. The topological polar surface area (TPSA) is 58.2 Å². The molecule has 0 spiro atoms. The highest BCUT2D eigenvalue weighted by Crippen LogP contribution is 2.15. The van der Waals surface area contributed by atoms with Crippen LogP contribution in [0.3, 0.4) is 0 Å². The fourth-order valence-electron chi connectivity index (χ4n) is 1.49. The van der Waals surface area contributed by atoms with Crippen LogP contribution >= 0.6 is 11.6 Å². The first-order valence-electron chi connectivity index (χ1n) is 5.92. The van der Waals surface area contributed by atoms with Gasteiger partial charge in [-0.3, -0.25) is 9.59 Å². The Morgan fingerprint density at radius 2 is 2.00 bits per heavy atom. The number of hydrogen-bond acceptors (Lipinski definition) is 2. The molecule has 5 heteroatoms. The summed E-state index contributed by atoms with van der Waals surface area (Å²) < 4.78 is 0. The molecule has 0 saturated carbocycles. The van der Waals surface area contributed by atoms with Gasteiger partial charge in [0.05, 0.1) is 11.3 Å². The Labute approximate surface area is 112 Å². The Bertz CT molecular complexity index is 421. The zero-order valence-electron chi connectivity index (χ0n) is 10.3. The van der Waals surface area contributed by atoms with Gasteiger partial charge in [0.15, 0.2) is 0 Å². The number of anilines is 1. The number of carbonyl (C=O) groups excluding carboxylic acids is 2. The Morgan fingerprint density at radius 3 is 2.67 bits per heavy atom. The highest BCUT2D eigenvalue weighted by Gasteiger charge is 2.11. The molecule has 0 atom stereocenters. The number of alkyl halides is 1. The largest absolute Gasteiger partial charge is 0.352 e. The highest BCUT2D eigenvalue weighted by molar-refractivity contribution is 6.18. The van der Waals surface area contributed by atoms with Crippen LogP contribution in [-0.2, 0) is 4.79 Å². The molecule has 0 aliphatic heterocycles. The summed E-state index contributed by atoms with van der Waals surface area (Å²) in [5.41, 5.74) is 1.00. The molecular formula is C13H17ClN2O2. The first-order chi connectivity index (χ1) is 8.69. The summed E-state index contributed by atoms with van der Waals surface area (Å²) in [7, 11) is 0. The van der Waals surface area contributed by atoms with E-state index in [1.807, 2.05) is 6.92 Å². The first kappa shape index (κ1) is 14.5. The lowest BCUT2D eigenvalue weighted by atomic mass is 10.1. The van der Waals surface area contributed by atoms with Crippen LogP contribution in [0.5, 0.6) is 0 Å². The molecule has 4 nitrogen and oxygen atoms in total. The summed E-state index contributed by atoms with van der Waals surface area (Å²) in [4.78, 5) is 23.4. The minimum Gasteiger partial charge on any atom is -0.352 e. The van der Waals surface area contributed by atoms with Crippen LogP contribution in [0.4, 0.5) is 5.69 Å². The number of carbonyl (C=O) groups is 2. The summed E-state index contributed by atoms with van der Waals surface area (Å²) in [6, 6.07) is 6.93. The van der Waals surface area contributed by atoms with E-state index in [9.17, 15) is 9.59 Å². The van der Waals surface area contributed by atoms with Gasteiger partial charge >= 0.3 is 0 Å². The molecule has 0 aliphatic rings. The minimum absolute atomic E-state index is 0.132. The Hall–Kier alpha value is -1.55. The SMILES string of the molecule is CCNC(=O)c1ccccc1NC(=O)CCCCl. The van der Waals surface area contributed by atoms with E-state index in [1.54, 1.807) is 24.3 Å². The third-order valence-corrected chi connectivity index (χ3v) is 2.59. The normalized spacial score (nSPS) is 9.89. The Kier molecular flexibility index (Phi) is 6.22. The van der Waals surface area contributed by atoms with Crippen LogP contribution in [-0.4, -0.2) is 24.2 Å². The van der Waals surface area contributed by atoms with Crippen molar-refractivity contribution in [2.45, 2.75) is 19.8 Å². The van der Waals surface area contributed by atoms with E-state index < -0.39 is 0 Å². The molecule has 18 heavy (non-hydrogen) atoms. The summed E-state index contributed by atoms with van der Waals surface area (Å²) in [5.74, 6) is 0.129. The molecule has 1 rings (SSSR count). The quantitative estimate of drug-likeness (QED) is 0.779. The van der Waals surface area contributed by atoms with Gasteiger partial charge in [-0.1, -0.05) is 12.1 Å². The van der Waals surface area contributed by atoms with Gasteiger partial charge in [-0.05, 0) is 25.5 Å². The molecule has 2 N–H and O–H groups in total. The van der Waals surface area contributed by atoms with Crippen LogP contribution in [0.1, 0.15) is 30.1 Å². The van der Waals surface area contributed by atoms with Crippen molar-refractivity contribution in [3.8, 4) is 0 Å². The molecule has 1 aromatic rings. The van der Waals surface area contributed by atoms with Gasteiger partial charge in [0, 0.05) is 18.8 Å². The zero-order valence-corrected chi connectivity index (χ0v) is 11.1. The fraction of sp³-hybridized carbons (Fsp3) is 0.385. The van der Waals surface area contributed by atoms with E-state index in [0.717, 1.165) is 0 Å². The smallest absolute Gasteiger partial charge is 0.253 e. The third-order valence-electron chi connectivity index (χ3n) is 2.32. The summed E-state index contributed by atoms with van der Waals surface area (Å²) in [6.45, 7) is 2.40. The molecule has 0 aliphatic carbocycles. The number of nitrogens with one attached hydrogen (secondary N) is 2. The molecule has 0 bridgehead atoms. The second kappa shape index (κ2) is 7.71. The molecule has 2 amide bonds. The number of rotatable bonds is 6. The second-order valence-corrected chi connectivity index (χ2v) is 4.12. The average molecular weight is 269 g/mol. The van der Waals surface area contributed by atoms with E-state index in [0.29, 0.717) is 36.5 Å². The van der Waals surface area contributed by atoms with Crippen LogP contribution in [0.25, 0.3) is 0 Å². The Morgan fingerprint density at radius 1 is 1.28 bits per heavy atom. The molecule has 0 fully saturated rings. The maximum absolute atomic E-state index is 11.8. The molecule has 98 valence electrons. The molecule has 1 aromatic carbocycles. The maximum atomic E-state index is 11.8. The highest BCUT2D eigenvalue weighted by atomic mass is 35.5. The van der Waals surface area contributed by atoms with E-state index >= 15 is 0 Å². The predicted molar refractivity (Wildman–Crippen MR) is 73.0 cm³/mol. The standard InChI is InChI=1S/C13H17ClN2O2/c1-2-15-13(18)10-6-3-4-7-11(10)16-12(17)8-5-9-14/h3-4,6-7H,2,5,8-9H2,1H3,(H,15,18)(H,16,17). The first-order valence-corrected chi connectivity index (χ1v) is 6.45. The molecule has 0 heterocycles. The van der Waals surface area contributed by atoms with E-state index in [4.69, 9.17) is 11.6 Å². The van der Waals surface area contributed by atoms with Gasteiger partial charge in [-0.15, -0.1) is 11.6 Å². The summed E-state index contributed by atoms with van der Waals surface area (Å²) >= 11 is 5.53. The minimum atomic E-state index is -0.189. The average Bonchev–Trinajstić information content (AvgIpc) is 2.37.